The summed E-state index contributed by atoms with van der Waals surface area (Å²) >= 11 is 0. The fourth-order valence-corrected chi connectivity index (χ4v) is 2.79. The predicted octanol–water partition coefficient (Wildman–Crippen LogP) is 3.31. The van der Waals surface area contributed by atoms with Crippen molar-refractivity contribution in [3.63, 3.8) is 0 Å². The van der Waals surface area contributed by atoms with Crippen LogP contribution in [0.15, 0.2) is 24.3 Å². The van der Waals surface area contributed by atoms with E-state index >= 15 is 0 Å². The highest BCUT2D eigenvalue weighted by molar-refractivity contribution is 5.39. The third-order valence-corrected chi connectivity index (χ3v) is 3.89. The minimum absolute atomic E-state index is 0.200. The molecule has 1 aliphatic rings. The minimum atomic E-state index is -0.200. The first-order valence-corrected chi connectivity index (χ1v) is 7.25. The van der Waals surface area contributed by atoms with Crippen molar-refractivity contribution in [2.24, 2.45) is 0 Å². The molecule has 0 radical (unpaired) electrons. The van der Waals surface area contributed by atoms with Crippen molar-refractivity contribution in [3.8, 4) is 5.75 Å². The van der Waals surface area contributed by atoms with Gasteiger partial charge in [-0.2, -0.15) is 0 Å². The van der Waals surface area contributed by atoms with Crippen molar-refractivity contribution in [1.82, 2.24) is 5.32 Å². The Morgan fingerprint density at radius 2 is 2.16 bits per heavy atom. The van der Waals surface area contributed by atoms with E-state index in [1.807, 2.05) is 6.07 Å². The highest BCUT2D eigenvalue weighted by Crippen LogP contribution is 2.41. The predicted molar refractivity (Wildman–Crippen MR) is 77.6 cm³/mol. The van der Waals surface area contributed by atoms with E-state index < -0.39 is 0 Å². The van der Waals surface area contributed by atoms with Gasteiger partial charge in [0.2, 0.25) is 0 Å². The number of fused-ring (bicyclic) bond motifs is 1. The molecule has 0 saturated carbocycles. The molecule has 0 bridgehead atoms. The number of rotatable bonds is 6. The minimum Gasteiger partial charge on any atom is -0.484 e. The first kappa shape index (κ1) is 14.4. The van der Waals surface area contributed by atoms with Crippen LogP contribution in [0.5, 0.6) is 5.75 Å². The van der Waals surface area contributed by atoms with Gasteiger partial charge in [-0.15, -0.1) is 0 Å². The number of benzene rings is 1. The van der Waals surface area contributed by atoms with Gasteiger partial charge in [0.15, 0.2) is 0 Å². The van der Waals surface area contributed by atoms with E-state index in [9.17, 15) is 0 Å². The molecule has 1 heterocycles. The molecule has 0 fully saturated rings. The van der Waals surface area contributed by atoms with Crippen molar-refractivity contribution in [2.45, 2.75) is 44.8 Å². The van der Waals surface area contributed by atoms with Crippen molar-refractivity contribution < 1.29 is 9.47 Å². The van der Waals surface area contributed by atoms with Gasteiger partial charge < -0.3 is 14.8 Å². The highest BCUT2D eigenvalue weighted by Gasteiger charge is 2.39. The Labute approximate surface area is 116 Å². The molecule has 2 unspecified atom stereocenters. The molecule has 0 spiro atoms. The van der Waals surface area contributed by atoms with Crippen LogP contribution < -0.4 is 10.1 Å². The quantitative estimate of drug-likeness (QED) is 0.854. The Kier molecular flexibility index (Phi) is 4.83. The highest BCUT2D eigenvalue weighted by atomic mass is 16.5. The second kappa shape index (κ2) is 6.40. The van der Waals surface area contributed by atoms with Gasteiger partial charge in [-0.05, 0) is 25.5 Å². The van der Waals surface area contributed by atoms with E-state index in [1.165, 1.54) is 5.56 Å². The summed E-state index contributed by atoms with van der Waals surface area (Å²) in [4.78, 5) is 0. The molecule has 19 heavy (non-hydrogen) atoms. The van der Waals surface area contributed by atoms with Crippen LogP contribution in [0, 0.1) is 0 Å². The zero-order valence-corrected chi connectivity index (χ0v) is 12.2. The van der Waals surface area contributed by atoms with Crippen molar-refractivity contribution in [3.05, 3.63) is 29.8 Å². The average Bonchev–Trinajstić information content (AvgIpc) is 2.45. The Hall–Kier alpha value is -1.06. The number of hydrogen-bond donors (Lipinski definition) is 1. The molecule has 106 valence electrons. The smallest absolute Gasteiger partial charge is 0.134 e. The zero-order valence-electron chi connectivity index (χ0n) is 12.2. The lowest BCUT2D eigenvalue weighted by atomic mass is 9.85. The lowest BCUT2D eigenvalue weighted by molar-refractivity contribution is -0.0370. The molecule has 2 atom stereocenters. The van der Waals surface area contributed by atoms with Gasteiger partial charge in [-0.25, -0.2) is 0 Å². The summed E-state index contributed by atoms with van der Waals surface area (Å²) < 4.78 is 11.6. The number of ether oxygens (including phenoxy) is 2. The van der Waals surface area contributed by atoms with Crippen LogP contribution in [0.4, 0.5) is 0 Å². The van der Waals surface area contributed by atoms with Crippen LogP contribution in [0.2, 0.25) is 0 Å². The first-order chi connectivity index (χ1) is 9.24. The fraction of sp³-hybridized carbons (Fsp3) is 0.625. The van der Waals surface area contributed by atoms with E-state index in [-0.39, 0.29) is 5.60 Å². The fourth-order valence-electron chi connectivity index (χ4n) is 2.79. The molecule has 1 N–H and O–H groups in total. The molecule has 0 aromatic heterocycles. The first-order valence-electron chi connectivity index (χ1n) is 7.25. The normalized spacial score (nSPS) is 25.7. The zero-order chi connectivity index (χ0) is 13.7. The average molecular weight is 263 g/mol. The number of methoxy groups -OCH3 is 1. The maximum atomic E-state index is 6.25. The number of para-hydroxylation sites is 1. The summed E-state index contributed by atoms with van der Waals surface area (Å²) in [6, 6.07) is 8.70. The van der Waals surface area contributed by atoms with Crippen LogP contribution in [-0.4, -0.2) is 25.9 Å². The molecule has 0 saturated heterocycles. The Bertz CT molecular complexity index is 407. The van der Waals surface area contributed by atoms with E-state index in [0.29, 0.717) is 12.6 Å². The topological polar surface area (TPSA) is 30.5 Å². The molecule has 1 aliphatic heterocycles. The van der Waals surface area contributed by atoms with Crippen molar-refractivity contribution >= 4 is 0 Å². The summed E-state index contributed by atoms with van der Waals surface area (Å²) in [6.07, 6.45) is 3.07. The summed E-state index contributed by atoms with van der Waals surface area (Å²) in [6.45, 7) is 6.04. The van der Waals surface area contributed by atoms with E-state index in [0.717, 1.165) is 31.6 Å². The van der Waals surface area contributed by atoms with Crippen molar-refractivity contribution in [2.75, 3.05) is 20.3 Å². The molecule has 2 rings (SSSR count). The third kappa shape index (κ3) is 3.10. The number of hydrogen-bond acceptors (Lipinski definition) is 3. The summed E-state index contributed by atoms with van der Waals surface area (Å²) in [5.74, 6) is 1.00. The van der Waals surface area contributed by atoms with Gasteiger partial charge in [0.05, 0.1) is 6.61 Å². The van der Waals surface area contributed by atoms with Crippen LogP contribution in [0.3, 0.4) is 0 Å². The SMILES string of the molecule is CCCNC1CC(CC)(COC)Oc2ccccc21. The van der Waals surface area contributed by atoms with E-state index in [2.05, 4.69) is 37.4 Å². The number of nitrogens with one attached hydrogen (secondary N) is 1. The third-order valence-electron chi connectivity index (χ3n) is 3.89. The lowest BCUT2D eigenvalue weighted by Crippen LogP contribution is -2.47. The molecule has 0 amide bonds. The van der Waals surface area contributed by atoms with Gasteiger partial charge in [0.25, 0.3) is 0 Å². The molecular formula is C16H25NO2. The monoisotopic (exact) mass is 263 g/mol. The molecule has 3 heteroatoms. The van der Waals surface area contributed by atoms with Crippen LogP contribution in [0.25, 0.3) is 0 Å². The van der Waals surface area contributed by atoms with Gasteiger partial charge in [0.1, 0.15) is 11.4 Å². The largest absolute Gasteiger partial charge is 0.484 e. The molecule has 0 aliphatic carbocycles. The molecule has 1 aromatic rings. The maximum Gasteiger partial charge on any atom is 0.134 e. The molecular weight excluding hydrogens is 238 g/mol. The standard InChI is InChI=1S/C16H25NO2/c1-4-10-17-14-11-16(5-2,12-18-3)19-15-9-7-6-8-13(14)15/h6-9,14,17H,4-5,10-12H2,1-3H3. The second-order valence-electron chi connectivity index (χ2n) is 5.32. The summed E-state index contributed by atoms with van der Waals surface area (Å²) in [5, 5.41) is 3.64. The molecule has 1 aromatic carbocycles. The Morgan fingerprint density at radius 1 is 1.37 bits per heavy atom. The maximum absolute atomic E-state index is 6.25. The summed E-state index contributed by atoms with van der Waals surface area (Å²) in [7, 11) is 1.75. The van der Waals surface area contributed by atoms with E-state index in [1.54, 1.807) is 7.11 Å². The summed E-state index contributed by atoms with van der Waals surface area (Å²) in [5.41, 5.74) is 1.07. The lowest BCUT2D eigenvalue weighted by Gasteiger charge is -2.41. The van der Waals surface area contributed by atoms with Gasteiger partial charge in [-0.3, -0.25) is 0 Å². The van der Waals surface area contributed by atoms with Crippen molar-refractivity contribution in [1.29, 1.82) is 0 Å². The Balaban J connectivity index is 2.27. The van der Waals surface area contributed by atoms with Gasteiger partial charge in [-0.1, -0.05) is 32.0 Å². The van der Waals surface area contributed by atoms with Crippen LogP contribution in [-0.2, 0) is 4.74 Å². The van der Waals surface area contributed by atoms with Crippen LogP contribution >= 0.6 is 0 Å². The van der Waals surface area contributed by atoms with Gasteiger partial charge >= 0.3 is 0 Å². The van der Waals surface area contributed by atoms with Gasteiger partial charge in [0, 0.05) is 25.1 Å². The second-order valence-corrected chi connectivity index (χ2v) is 5.32. The van der Waals surface area contributed by atoms with Crippen LogP contribution in [0.1, 0.15) is 44.7 Å². The molecule has 3 nitrogen and oxygen atoms in total. The Morgan fingerprint density at radius 3 is 2.84 bits per heavy atom. The van der Waals surface area contributed by atoms with E-state index in [4.69, 9.17) is 9.47 Å².